The predicted octanol–water partition coefficient (Wildman–Crippen LogP) is 3.76. The Kier molecular flexibility index (Phi) is 4.11. The van der Waals surface area contributed by atoms with E-state index in [0.717, 1.165) is 27.3 Å². The van der Waals surface area contributed by atoms with E-state index in [0.29, 0.717) is 6.54 Å². The molecular weight excluding hydrogens is 298 g/mol. The van der Waals surface area contributed by atoms with E-state index in [4.69, 9.17) is 4.42 Å². The fourth-order valence-corrected chi connectivity index (χ4v) is 2.96. The number of nitrogens with zero attached hydrogens (tertiary/aromatic N) is 1. The quantitative estimate of drug-likeness (QED) is 0.770. The molecule has 1 aromatic carbocycles. The highest BCUT2D eigenvalue weighted by molar-refractivity contribution is 7.09. The van der Waals surface area contributed by atoms with Gasteiger partial charge in [0.05, 0.1) is 12.6 Å². The van der Waals surface area contributed by atoms with E-state index in [1.165, 1.54) is 11.3 Å². The van der Waals surface area contributed by atoms with Crippen molar-refractivity contribution in [3.05, 3.63) is 52.2 Å². The molecule has 0 aliphatic carbocycles. The maximum absolute atomic E-state index is 12.0. The maximum atomic E-state index is 12.0. The van der Waals surface area contributed by atoms with Crippen LogP contribution in [0, 0.1) is 6.92 Å². The molecule has 0 radical (unpaired) electrons. The number of furan rings is 1. The number of hydrogen-bond donors (Lipinski definition) is 2. The summed E-state index contributed by atoms with van der Waals surface area (Å²) in [6.07, 6.45) is 1.73. The minimum Gasteiger partial charge on any atom is -0.459 e. The highest BCUT2D eigenvalue weighted by Gasteiger charge is 2.13. The molecule has 5 nitrogen and oxygen atoms in total. The smallest absolute Gasteiger partial charge is 0.315 e. The van der Waals surface area contributed by atoms with E-state index in [1.54, 1.807) is 6.20 Å². The third-order valence-electron chi connectivity index (χ3n) is 3.52. The summed E-state index contributed by atoms with van der Waals surface area (Å²) in [6.45, 7) is 4.26. The number of carbonyl (C=O) groups is 1. The Balaban J connectivity index is 1.61. The summed E-state index contributed by atoms with van der Waals surface area (Å²) >= 11 is 1.52. The van der Waals surface area contributed by atoms with Crippen molar-refractivity contribution in [1.29, 1.82) is 0 Å². The van der Waals surface area contributed by atoms with Crippen molar-refractivity contribution in [3.8, 4) is 0 Å². The van der Waals surface area contributed by atoms with Gasteiger partial charge in [0.25, 0.3) is 0 Å². The number of urea groups is 1. The van der Waals surface area contributed by atoms with Crippen LogP contribution in [0.3, 0.4) is 0 Å². The summed E-state index contributed by atoms with van der Waals surface area (Å²) in [5.74, 6) is 0.776. The lowest BCUT2D eigenvalue weighted by Crippen LogP contribution is -2.36. The summed E-state index contributed by atoms with van der Waals surface area (Å²) in [5, 5.41) is 9.54. The van der Waals surface area contributed by atoms with Gasteiger partial charge in [0.15, 0.2) is 0 Å². The number of aryl methyl sites for hydroxylation is 1. The number of aromatic nitrogens is 1. The van der Waals surface area contributed by atoms with Crippen LogP contribution in [-0.4, -0.2) is 11.0 Å². The minimum absolute atomic E-state index is 0.114. The molecule has 0 aliphatic heterocycles. The first-order chi connectivity index (χ1) is 10.6. The first-order valence-corrected chi connectivity index (χ1v) is 7.94. The SMILES string of the molecule is Cc1c(CNC(=O)N[C@H](C)c2nccs2)oc2ccccc12. The predicted molar refractivity (Wildman–Crippen MR) is 86.9 cm³/mol. The number of hydrogen-bond acceptors (Lipinski definition) is 4. The first-order valence-electron chi connectivity index (χ1n) is 7.06. The first kappa shape index (κ1) is 14.6. The van der Waals surface area contributed by atoms with Gasteiger partial charge in [0.1, 0.15) is 16.4 Å². The molecule has 2 aromatic heterocycles. The van der Waals surface area contributed by atoms with Gasteiger partial charge in [-0.25, -0.2) is 9.78 Å². The Labute approximate surface area is 132 Å². The van der Waals surface area contributed by atoms with Crippen LogP contribution in [0.2, 0.25) is 0 Å². The summed E-state index contributed by atoms with van der Waals surface area (Å²) in [5.41, 5.74) is 1.90. The monoisotopic (exact) mass is 315 g/mol. The van der Waals surface area contributed by atoms with Crippen LogP contribution in [0.25, 0.3) is 11.0 Å². The lowest BCUT2D eigenvalue weighted by molar-refractivity contribution is 0.236. The van der Waals surface area contributed by atoms with E-state index in [9.17, 15) is 4.79 Å². The molecule has 0 fully saturated rings. The molecule has 0 saturated heterocycles. The Morgan fingerprint density at radius 3 is 2.95 bits per heavy atom. The number of fused-ring (bicyclic) bond motifs is 1. The number of rotatable bonds is 4. The summed E-state index contributed by atoms with van der Waals surface area (Å²) in [7, 11) is 0. The maximum Gasteiger partial charge on any atom is 0.315 e. The Morgan fingerprint density at radius 1 is 1.41 bits per heavy atom. The number of nitrogens with one attached hydrogen (secondary N) is 2. The molecule has 0 aliphatic rings. The molecule has 0 saturated carbocycles. The molecule has 3 rings (SSSR count). The Bertz CT molecular complexity index is 780. The highest BCUT2D eigenvalue weighted by atomic mass is 32.1. The number of para-hydroxylation sites is 1. The molecule has 0 unspecified atom stereocenters. The molecule has 114 valence electrons. The number of amides is 2. The molecule has 0 bridgehead atoms. The van der Waals surface area contributed by atoms with Crippen LogP contribution in [0.5, 0.6) is 0 Å². The van der Waals surface area contributed by atoms with E-state index in [1.807, 2.05) is 43.5 Å². The zero-order chi connectivity index (χ0) is 15.5. The average molecular weight is 315 g/mol. The van der Waals surface area contributed by atoms with Crippen molar-refractivity contribution in [2.24, 2.45) is 0 Å². The highest BCUT2D eigenvalue weighted by Crippen LogP contribution is 2.24. The van der Waals surface area contributed by atoms with E-state index < -0.39 is 0 Å². The lowest BCUT2D eigenvalue weighted by atomic mass is 10.1. The molecule has 3 aromatic rings. The van der Waals surface area contributed by atoms with Gasteiger partial charge in [0, 0.05) is 22.5 Å². The van der Waals surface area contributed by atoms with Gasteiger partial charge in [-0.15, -0.1) is 11.3 Å². The van der Waals surface area contributed by atoms with E-state index in [2.05, 4.69) is 15.6 Å². The second-order valence-electron chi connectivity index (χ2n) is 5.07. The van der Waals surface area contributed by atoms with Crippen LogP contribution < -0.4 is 10.6 Å². The topological polar surface area (TPSA) is 67.2 Å². The van der Waals surface area contributed by atoms with Crippen LogP contribution in [0.15, 0.2) is 40.3 Å². The van der Waals surface area contributed by atoms with Gasteiger partial charge >= 0.3 is 6.03 Å². The lowest BCUT2D eigenvalue weighted by Gasteiger charge is -2.11. The fourth-order valence-electron chi connectivity index (χ4n) is 2.31. The molecule has 0 spiro atoms. The van der Waals surface area contributed by atoms with Crippen molar-refractivity contribution < 1.29 is 9.21 Å². The van der Waals surface area contributed by atoms with E-state index >= 15 is 0 Å². The molecular formula is C16H17N3O2S. The summed E-state index contributed by atoms with van der Waals surface area (Å²) < 4.78 is 5.77. The van der Waals surface area contributed by atoms with Crippen LogP contribution in [0.4, 0.5) is 4.79 Å². The van der Waals surface area contributed by atoms with Gasteiger partial charge in [0.2, 0.25) is 0 Å². The van der Waals surface area contributed by atoms with Gasteiger partial charge < -0.3 is 15.1 Å². The molecule has 2 heterocycles. The van der Waals surface area contributed by atoms with Gasteiger partial charge in [-0.05, 0) is 19.9 Å². The molecule has 2 N–H and O–H groups in total. The van der Waals surface area contributed by atoms with Crippen LogP contribution >= 0.6 is 11.3 Å². The van der Waals surface area contributed by atoms with Crippen molar-refractivity contribution >= 4 is 28.3 Å². The number of thiazole rings is 1. The van der Waals surface area contributed by atoms with Gasteiger partial charge in [-0.2, -0.15) is 0 Å². The molecule has 22 heavy (non-hydrogen) atoms. The second kappa shape index (κ2) is 6.19. The molecule has 6 heteroatoms. The summed E-state index contributed by atoms with van der Waals surface area (Å²) in [6, 6.07) is 7.51. The zero-order valence-corrected chi connectivity index (χ0v) is 13.2. The number of benzene rings is 1. The third-order valence-corrected chi connectivity index (χ3v) is 4.48. The van der Waals surface area contributed by atoms with Gasteiger partial charge in [-0.3, -0.25) is 0 Å². The average Bonchev–Trinajstić information content (AvgIpc) is 3.14. The molecule has 2 amide bonds. The summed E-state index contributed by atoms with van der Waals surface area (Å²) in [4.78, 5) is 16.1. The van der Waals surface area contributed by atoms with E-state index in [-0.39, 0.29) is 12.1 Å². The fraction of sp³-hybridized carbons (Fsp3) is 0.250. The van der Waals surface area contributed by atoms with Crippen LogP contribution in [-0.2, 0) is 6.54 Å². The standard InChI is InChI=1S/C16H17N3O2S/c1-10-12-5-3-4-6-13(12)21-14(10)9-18-16(20)19-11(2)15-17-7-8-22-15/h3-8,11H,9H2,1-2H3,(H2,18,19,20)/t11-/m1/s1. The second-order valence-corrected chi connectivity index (χ2v) is 5.99. The Morgan fingerprint density at radius 2 is 2.23 bits per heavy atom. The normalized spacial score (nSPS) is 12.3. The van der Waals surface area contributed by atoms with Crippen LogP contribution in [0.1, 0.15) is 29.3 Å². The van der Waals surface area contributed by atoms with Crippen molar-refractivity contribution in [3.63, 3.8) is 0 Å². The van der Waals surface area contributed by atoms with Crippen molar-refractivity contribution in [2.75, 3.05) is 0 Å². The largest absolute Gasteiger partial charge is 0.459 e. The Hall–Kier alpha value is -2.34. The number of carbonyl (C=O) groups excluding carboxylic acids is 1. The van der Waals surface area contributed by atoms with Gasteiger partial charge in [-0.1, -0.05) is 18.2 Å². The molecule has 1 atom stereocenters. The minimum atomic E-state index is -0.234. The van der Waals surface area contributed by atoms with Crippen molar-refractivity contribution in [2.45, 2.75) is 26.4 Å². The van der Waals surface area contributed by atoms with Crippen molar-refractivity contribution in [1.82, 2.24) is 15.6 Å². The zero-order valence-electron chi connectivity index (χ0n) is 12.4. The third kappa shape index (κ3) is 2.96.